The van der Waals surface area contributed by atoms with Crippen LogP contribution in [0, 0.1) is 10.1 Å². The average molecular weight is 289 g/mol. The van der Waals surface area contributed by atoms with Crippen molar-refractivity contribution < 1.29 is 14.5 Å². The zero-order valence-electron chi connectivity index (χ0n) is 12.6. The van der Waals surface area contributed by atoms with Gasteiger partial charge in [-0.1, -0.05) is 17.7 Å². The molecule has 0 aromatic heterocycles. The molecule has 0 fully saturated rings. The van der Waals surface area contributed by atoms with Crippen LogP contribution in [0.5, 0.6) is 0 Å². The average Bonchev–Trinajstić information content (AvgIpc) is 2.35. The van der Waals surface area contributed by atoms with Crippen molar-refractivity contribution in [3.05, 3.63) is 57.7 Å². The number of rotatable bonds is 4. The molecule has 0 aliphatic heterocycles. The molecule has 1 rings (SSSR count). The third-order valence-corrected chi connectivity index (χ3v) is 2.39. The predicted molar refractivity (Wildman–Crippen MR) is 81.7 cm³/mol. The molecule has 0 unspecified atom stereocenters. The summed E-state index contributed by atoms with van der Waals surface area (Å²) in [5, 5.41) is 10.6. The third-order valence-electron chi connectivity index (χ3n) is 2.39. The second-order valence-electron chi connectivity index (χ2n) is 5.60. The van der Waals surface area contributed by atoms with Gasteiger partial charge in [0, 0.05) is 18.2 Å². The van der Waals surface area contributed by atoms with E-state index in [0.717, 1.165) is 11.1 Å². The molecule has 0 saturated heterocycles. The first kappa shape index (κ1) is 16.6. The van der Waals surface area contributed by atoms with Crippen LogP contribution in [0.15, 0.2) is 42.0 Å². The van der Waals surface area contributed by atoms with Crippen LogP contribution >= 0.6 is 0 Å². The Labute approximate surface area is 124 Å². The molecule has 1 aromatic carbocycles. The van der Waals surface area contributed by atoms with Crippen molar-refractivity contribution in [2.75, 3.05) is 0 Å². The van der Waals surface area contributed by atoms with Gasteiger partial charge in [0.1, 0.15) is 5.60 Å². The number of carbonyl (C=O) groups is 1. The lowest BCUT2D eigenvalue weighted by Crippen LogP contribution is -2.22. The van der Waals surface area contributed by atoms with Crippen LogP contribution in [-0.4, -0.2) is 16.5 Å². The normalized spacial score (nSPS) is 12.5. The largest absolute Gasteiger partial charge is 0.457 e. The highest BCUT2D eigenvalue weighted by Gasteiger charge is 2.13. The summed E-state index contributed by atoms with van der Waals surface area (Å²) in [6.45, 7) is 7.25. The summed E-state index contributed by atoms with van der Waals surface area (Å²) in [5.41, 5.74) is 1.20. The molecule has 0 saturated carbocycles. The third kappa shape index (κ3) is 6.51. The molecule has 21 heavy (non-hydrogen) atoms. The summed E-state index contributed by atoms with van der Waals surface area (Å²) in [5.74, 6) is -0.404. The minimum atomic E-state index is -0.516. The topological polar surface area (TPSA) is 69.4 Å². The molecule has 5 nitrogen and oxygen atoms in total. The number of hydrogen-bond donors (Lipinski definition) is 0. The Hall–Kier alpha value is -2.43. The Morgan fingerprint density at radius 3 is 2.24 bits per heavy atom. The van der Waals surface area contributed by atoms with Crippen molar-refractivity contribution >= 4 is 17.7 Å². The minimum absolute atomic E-state index is 0.0501. The van der Waals surface area contributed by atoms with Gasteiger partial charge in [-0.2, -0.15) is 0 Å². The Bertz CT molecular complexity index is 577. The molecule has 0 heterocycles. The van der Waals surface area contributed by atoms with Gasteiger partial charge in [-0.3, -0.25) is 10.1 Å². The van der Waals surface area contributed by atoms with Gasteiger partial charge in [0.15, 0.2) is 0 Å². The number of nitrogens with zero attached hydrogens (tertiary/aromatic N) is 1. The van der Waals surface area contributed by atoms with E-state index in [2.05, 4.69) is 0 Å². The number of allylic oxidation sites excluding steroid dienone is 2. The SMILES string of the molecule is CC(C=CC(=O)OC(C)(C)C)=Cc1ccc([N+](=O)[O-])cc1. The van der Waals surface area contributed by atoms with Gasteiger partial charge >= 0.3 is 5.97 Å². The first-order valence-electron chi connectivity index (χ1n) is 6.51. The number of nitro benzene ring substituents is 1. The molecule has 1 aromatic rings. The quantitative estimate of drug-likeness (QED) is 0.277. The highest BCUT2D eigenvalue weighted by molar-refractivity contribution is 5.83. The van der Waals surface area contributed by atoms with Crippen molar-refractivity contribution in [3.63, 3.8) is 0 Å². The van der Waals surface area contributed by atoms with Gasteiger partial charge < -0.3 is 4.74 Å². The van der Waals surface area contributed by atoms with Crippen molar-refractivity contribution in [1.82, 2.24) is 0 Å². The van der Waals surface area contributed by atoms with E-state index in [-0.39, 0.29) is 5.69 Å². The molecule has 0 amide bonds. The Morgan fingerprint density at radius 1 is 1.19 bits per heavy atom. The highest BCUT2D eigenvalue weighted by atomic mass is 16.6. The molecular weight excluding hydrogens is 270 g/mol. The number of nitro groups is 1. The van der Waals surface area contributed by atoms with Crippen LogP contribution in [-0.2, 0) is 9.53 Å². The zero-order chi connectivity index (χ0) is 16.0. The number of carbonyl (C=O) groups excluding carboxylic acids is 1. The van der Waals surface area contributed by atoms with E-state index in [4.69, 9.17) is 4.74 Å². The lowest BCUT2D eigenvalue weighted by molar-refractivity contribution is -0.384. The van der Waals surface area contributed by atoms with Crippen LogP contribution < -0.4 is 0 Å². The van der Waals surface area contributed by atoms with E-state index in [1.165, 1.54) is 18.2 Å². The lowest BCUT2D eigenvalue weighted by atomic mass is 10.1. The number of benzene rings is 1. The van der Waals surface area contributed by atoms with Gasteiger partial charge in [0.05, 0.1) is 4.92 Å². The van der Waals surface area contributed by atoms with Gasteiger partial charge in [0.25, 0.3) is 5.69 Å². The number of esters is 1. The molecule has 5 heteroatoms. The molecule has 0 radical (unpaired) electrons. The fourth-order valence-electron chi connectivity index (χ4n) is 1.54. The lowest BCUT2D eigenvalue weighted by Gasteiger charge is -2.17. The summed E-state index contributed by atoms with van der Waals surface area (Å²) in [6.07, 6.45) is 4.84. The van der Waals surface area contributed by atoms with Crippen LogP contribution in [0.3, 0.4) is 0 Å². The fourth-order valence-corrected chi connectivity index (χ4v) is 1.54. The summed E-state index contributed by atoms with van der Waals surface area (Å²) >= 11 is 0. The molecule has 0 spiro atoms. The van der Waals surface area contributed by atoms with Crippen LogP contribution in [0.1, 0.15) is 33.3 Å². The molecule has 0 atom stereocenters. The van der Waals surface area contributed by atoms with Gasteiger partial charge in [-0.15, -0.1) is 0 Å². The van der Waals surface area contributed by atoms with Crippen molar-refractivity contribution in [2.24, 2.45) is 0 Å². The van der Waals surface area contributed by atoms with Crippen molar-refractivity contribution in [1.29, 1.82) is 0 Å². The molecule has 0 N–H and O–H groups in total. The second-order valence-corrected chi connectivity index (χ2v) is 5.60. The summed E-state index contributed by atoms with van der Waals surface area (Å²) in [6, 6.07) is 6.19. The molecule has 0 aliphatic rings. The van der Waals surface area contributed by atoms with E-state index in [9.17, 15) is 14.9 Å². The van der Waals surface area contributed by atoms with Crippen LogP contribution in [0.4, 0.5) is 5.69 Å². The summed E-state index contributed by atoms with van der Waals surface area (Å²) < 4.78 is 5.15. The Morgan fingerprint density at radius 2 is 1.76 bits per heavy atom. The molecule has 0 bridgehead atoms. The number of non-ortho nitro benzene ring substituents is 1. The van der Waals surface area contributed by atoms with E-state index >= 15 is 0 Å². The van der Waals surface area contributed by atoms with E-state index in [0.29, 0.717) is 0 Å². The van der Waals surface area contributed by atoms with Crippen molar-refractivity contribution in [3.8, 4) is 0 Å². The second kappa shape index (κ2) is 6.83. The van der Waals surface area contributed by atoms with Crippen molar-refractivity contribution in [2.45, 2.75) is 33.3 Å². The Balaban J connectivity index is 2.72. The van der Waals surface area contributed by atoms with Crippen LogP contribution in [0.2, 0.25) is 0 Å². The van der Waals surface area contributed by atoms with Gasteiger partial charge in [-0.25, -0.2) is 4.79 Å². The summed E-state index contributed by atoms with van der Waals surface area (Å²) in [7, 11) is 0. The smallest absolute Gasteiger partial charge is 0.331 e. The maximum atomic E-state index is 11.5. The van der Waals surface area contributed by atoms with Gasteiger partial charge in [0.2, 0.25) is 0 Å². The summed E-state index contributed by atoms with van der Waals surface area (Å²) in [4.78, 5) is 21.6. The number of hydrogen-bond acceptors (Lipinski definition) is 4. The minimum Gasteiger partial charge on any atom is -0.457 e. The maximum Gasteiger partial charge on any atom is 0.331 e. The fraction of sp³-hybridized carbons (Fsp3) is 0.312. The van der Waals surface area contributed by atoms with Gasteiger partial charge in [-0.05, 0) is 45.4 Å². The first-order chi connectivity index (χ1) is 9.67. The van der Waals surface area contributed by atoms with Crippen LogP contribution in [0.25, 0.3) is 6.08 Å². The molecule has 112 valence electrons. The first-order valence-corrected chi connectivity index (χ1v) is 6.51. The standard InChI is InChI=1S/C16H19NO4/c1-12(5-10-15(18)21-16(2,3)4)11-13-6-8-14(9-7-13)17(19)20/h5-11H,1-4H3. The molecule has 0 aliphatic carbocycles. The highest BCUT2D eigenvalue weighted by Crippen LogP contribution is 2.15. The monoisotopic (exact) mass is 289 g/mol. The maximum absolute atomic E-state index is 11.5. The molecular formula is C16H19NO4. The zero-order valence-corrected chi connectivity index (χ0v) is 12.6. The van der Waals surface area contributed by atoms with E-state index < -0.39 is 16.5 Å². The van der Waals surface area contributed by atoms with E-state index in [1.807, 2.05) is 13.0 Å². The Kier molecular flexibility index (Phi) is 5.41. The number of ether oxygens (including phenoxy) is 1. The predicted octanol–water partition coefficient (Wildman–Crippen LogP) is 3.90. The van der Waals surface area contributed by atoms with E-state index in [1.54, 1.807) is 39.0 Å².